The summed E-state index contributed by atoms with van der Waals surface area (Å²) in [4.78, 5) is 21.3. The number of piperidine rings is 2. The SMILES string of the molecule is Nc1nc(N2CCC(N3C[C@@H](O)C[C@@H]3Cc3ccc(Cl)c(C4C[C@H]5CN(C6CCN(c7n[nH]c(N)n7)CC6)[C@@H](Cc6ccc(Cl)cc6)CN5C4)c3)CC2)n[nH]1. The molecule has 0 saturated carbocycles. The Morgan fingerprint density at radius 2 is 1.25 bits per heavy atom. The highest BCUT2D eigenvalue weighted by Crippen LogP contribution is 2.40. The summed E-state index contributed by atoms with van der Waals surface area (Å²) in [5, 5.41) is 26.6. The molecule has 14 nitrogen and oxygen atoms in total. The topological polar surface area (TPSA) is 172 Å². The van der Waals surface area contributed by atoms with Gasteiger partial charge in [0.15, 0.2) is 0 Å². The molecule has 2 aromatic carbocycles. The van der Waals surface area contributed by atoms with Crippen LogP contribution in [0.1, 0.15) is 61.1 Å². The van der Waals surface area contributed by atoms with Crippen LogP contribution in [0.5, 0.6) is 0 Å². The van der Waals surface area contributed by atoms with E-state index in [-0.39, 0.29) is 6.10 Å². The van der Waals surface area contributed by atoms with Crippen LogP contribution in [0.25, 0.3) is 0 Å². The molecule has 0 radical (unpaired) electrons. The number of aromatic nitrogens is 6. The van der Waals surface area contributed by atoms with Gasteiger partial charge in [-0.25, -0.2) is 10.2 Å². The lowest BCUT2D eigenvalue weighted by molar-refractivity contribution is 0.0126. The summed E-state index contributed by atoms with van der Waals surface area (Å²) in [5.74, 6) is 2.46. The zero-order chi connectivity index (χ0) is 37.6. The maximum Gasteiger partial charge on any atom is 0.246 e. The monoisotopic (exact) mass is 789 g/mol. The zero-order valence-corrected chi connectivity index (χ0v) is 32.8. The van der Waals surface area contributed by atoms with Gasteiger partial charge in [-0.1, -0.05) is 47.5 Å². The second-order valence-electron chi connectivity index (χ2n) is 16.5. The lowest BCUT2D eigenvalue weighted by Gasteiger charge is -2.49. The Hall–Kier alpha value is -3.66. The smallest absolute Gasteiger partial charge is 0.246 e. The van der Waals surface area contributed by atoms with Gasteiger partial charge in [0.2, 0.25) is 23.8 Å². The van der Waals surface area contributed by atoms with E-state index in [4.69, 9.17) is 34.7 Å². The zero-order valence-electron chi connectivity index (χ0n) is 31.3. The molecule has 5 aliphatic heterocycles. The summed E-state index contributed by atoms with van der Waals surface area (Å²) in [6, 6.07) is 17.2. The van der Waals surface area contributed by atoms with Gasteiger partial charge < -0.3 is 26.4 Å². The molecule has 7 N–H and O–H groups in total. The molecule has 0 amide bonds. The van der Waals surface area contributed by atoms with Crippen LogP contribution >= 0.6 is 23.2 Å². The molecule has 55 heavy (non-hydrogen) atoms. The number of halogens is 2. The standard InChI is InChI=1S/C39H53Cl2N13O/c40-27-4-1-24(2-5-27)15-32-21-52-20-26(18-31(52)22-53(32)28-7-11-50(12-8-28)38-44-36(42)46-48-38)34-17-25(3-6-35(34)41)16-30-19-33(55)23-54(30)29-9-13-51(14-10-29)39-45-37(43)47-49-39/h1-6,17,26,28-33,55H,7-16,18-23H2,(H3,42,44,46,48)(H3,43,45,47,49)/t26?,30-,31-,32-,33-/m0/s1. The van der Waals surface area contributed by atoms with Crippen LogP contribution < -0.4 is 21.3 Å². The highest BCUT2D eigenvalue weighted by Gasteiger charge is 2.44. The minimum atomic E-state index is -0.301. The van der Waals surface area contributed by atoms with Crippen LogP contribution in [0.2, 0.25) is 10.0 Å². The normalized spacial score (nSPS) is 27.7. The van der Waals surface area contributed by atoms with Crippen molar-refractivity contribution in [2.24, 2.45) is 0 Å². The van der Waals surface area contributed by atoms with Gasteiger partial charge in [-0.2, -0.15) is 9.97 Å². The Kier molecular flexibility index (Phi) is 10.5. The number of nitrogen functional groups attached to an aromatic ring is 2. The number of nitrogens with zero attached hydrogens (tertiary/aromatic N) is 9. The van der Waals surface area contributed by atoms with Crippen LogP contribution in [0, 0.1) is 0 Å². The number of aliphatic hydroxyl groups is 1. The van der Waals surface area contributed by atoms with Crippen LogP contribution in [0.3, 0.4) is 0 Å². The summed E-state index contributed by atoms with van der Waals surface area (Å²) in [5.41, 5.74) is 15.5. The summed E-state index contributed by atoms with van der Waals surface area (Å²) >= 11 is 13.3. The Morgan fingerprint density at radius 3 is 1.85 bits per heavy atom. The molecule has 0 spiro atoms. The van der Waals surface area contributed by atoms with Crippen molar-refractivity contribution >= 4 is 47.0 Å². The van der Waals surface area contributed by atoms with Crippen molar-refractivity contribution in [2.75, 3.05) is 73.6 Å². The van der Waals surface area contributed by atoms with Crippen molar-refractivity contribution in [1.29, 1.82) is 0 Å². The third-order valence-electron chi connectivity index (χ3n) is 13.1. The predicted octanol–water partition coefficient (Wildman–Crippen LogP) is 3.79. The summed E-state index contributed by atoms with van der Waals surface area (Å²) in [6.45, 7) is 7.42. The van der Waals surface area contributed by atoms with Crippen LogP contribution in [-0.4, -0.2) is 139 Å². The molecule has 4 aromatic rings. The number of piperazine rings is 1. The first-order valence-electron chi connectivity index (χ1n) is 20.0. The first-order chi connectivity index (χ1) is 26.7. The van der Waals surface area contributed by atoms with Crippen molar-refractivity contribution in [3.05, 3.63) is 69.2 Å². The van der Waals surface area contributed by atoms with Gasteiger partial charge in [-0.05, 0) is 92.2 Å². The number of likely N-dealkylation sites (tertiary alicyclic amines) is 1. The molecule has 294 valence electrons. The van der Waals surface area contributed by atoms with Crippen molar-refractivity contribution < 1.29 is 5.11 Å². The van der Waals surface area contributed by atoms with Crippen molar-refractivity contribution in [3.8, 4) is 0 Å². The lowest BCUT2D eigenvalue weighted by atomic mass is 9.91. The van der Waals surface area contributed by atoms with E-state index >= 15 is 0 Å². The van der Waals surface area contributed by atoms with Gasteiger partial charge in [0.1, 0.15) is 0 Å². The van der Waals surface area contributed by atoms with E-state index in [1.165, 1.54) is 16.7 Å². The number of nitrogens with one attached hydrogen (secondary N) is 2. The van der Waals surface area contributed by atoms with E-state index < -0.39 is 0 Å². The maximum atomic E-state index is 10.9. The lowest BCUT2D eigenvalue weighted by Crippen LogP contribution is -2.61. The Morgan fingerprint density at radius 1 is 0.673 bits per heavy atom. The number of β-amino-alcohol motifs (C(OH)–C–C–N with tert-alkyl or cyclic N) is 1. The largest absolute Gasteiger partial charge is 0.392 e. The summed E-state index contributed by atoms with van der Waals surface area (Å²) in [7, 11) is 0. The molecular weight excluding hydrogens is 737 g/mol. The van der Waals surface area contributed by atoms with Crippen LogP contribution in [0.15, 0.2) is 42.5 Å². The van der Waals surface area contributed by atoms with E-state index in [2.05, 4.69) is 85.2 Å². The van der Waals surface area contributed by atoms with Gasteiger partial charge in [0.05, 0.1) is 6.10 Å². The Labute approximate surface area is 332 Å². The second-order valence-corrected chi connectivity index (χ2v) is 17.3. The maximum absolute atomic E-state index is 10.9. The highest BCUT2D eigenvalue weighted by molar-refractivity contribution is 6.31. The van der Waals surface area contributed by atoms with E-state index in [1.807, 2.05) is 12.1 Å². The molecule has 16 heteroatoms. The van der Waals surface area contributed by atoms with E-state index in [9.17, 15) is 5.11 Å². The summed E-state index contributed by atoms with van der Waals surface area (Å²) < 4.78 is 0. The average molecular weight is 791 g/mol. The molecule has 5 saturated heterocycles. The molecule has 5 atom stereocenters. The third kappa shape index (κ3) is 7.99. The number of anilines is 4. The number of hydrogen-bond donors (Lipinski definition) is 5. The fourth-order valence-corrected chi connectivity index (χ4v) is 10.8. The number of rotatable bonds is 9. The average Bonchev–Trinajstić information content (AvgIpc) is 4.00. The molecule has 0 bridgehead atoms. The second kappa shape index (κ2) is 15.7. The number of aliphatic hydroxyl groups excluding tert-OH is 1. The molecule has 1 unspecified atom stereocenters. The summed E-state index contributed by atoms with van der Waals surface area (Å²) in [6.07, 6.45) is 7.66. The van der Waals surface area contributed by atoms with Gasteiger partial charge >= 0.3 is 0 Å². The first-order valence-corrected chi connectivity index (χ1v) is 20.8. The van der Waals surface area contributed by atoms with Gasteiger partial charge in [-0.15, -0.1) is 10.2 Å². The molecule has 9 rings (SSSR count). The van der Waals surface area contributed by atoms with Crippen LogP contribution in [-0.2, 0) is 12.8 Å². The molecule has 7 heterocycles. The Balaban J connectivity index is 0.873. The number of benzene rings is 2. The van der Waals surface area contributed by atoms with Gasteiger partial charge in [-0.3, -0.25) is 14.7 Å². The number of H-pyrrole nitrogens is 2. The number of aromatic amines is 2. The molecular formula is C39H53Cl2N13O. The molecule has 2 aromatic heterocycles. The minimum Gasteiger partial charge on any atom is -0.392 e. The van der Waals surface area contributed by atoms with E-state index in [1.54, 1.807) is 0 Å². The van der Waals surface area contributed by atoms with Crippen molar-refractivity contribution in [2.45, 2.75) is 93.6 Å². The van der Waals surface area contributed by atoms with Crippen LogP contribution in [0.4, 0.5) is 23.8 Å². The predicted molar refractivity (Wildman–Crippen MR) is 217 cm³/mol. The minimum absolute atomic E-state index is 0.296. The van der Waals surface area contributed by atoms with Crippen molar-refractivity contribution in [3.63, 3.8) is 0 Å². The van der Waals surface area contributed by atoms with Gasteiger partial charge in [0.25, 0.3) is 0 Å². The molecule has 5 aliphatic rings. The molecule has 5 fully saturated rings. The number of fused-ring (bicyclic) bond motifs is 1. The van der Waals surface area contributed by atoms with E-state index in [0.29, 0.717) is 59.9 Å². The quantitative estimate of drug-likeness (QED) is 0.167. The fraction of sp³-hybridized carbons (Fsp3) is 0.590. The number of nitrogens with two attached hydrogens (primary N) is 2. The van der Waals surface area contributed by atoms with Crippen molar-refractivity contribution in [1.82, 2.24) is 45.1 Å². The third-order valence-corrected chi connectivity index (χ3v) is 13.7. The highest BCUT2D eigenvalue weighted by atomic mass is 35.5. The molecule has 0 aliphatic carbocycles. The Bertz CT molecular complexity index is 1910. The van der Waals surface area contributed by atoms with Gasteiger partial charge in [0, 0.05) is 92.6 Å². The fourth-order valence-electron chi connectivity index (χ4n) is 10.4. The number of hydrogen-bond acceptors (Lipinski definition) is 12. The van der Waals surface area contributed by atoms with E-state index in [0.717, 1.165) is 114 Å². The first kappa shape index (κ1) is 36.9.